The van der Waals surface area contributed by atoms with E-state index in [1.807, 2.05) is 11.8 Å². The summed E-state index contributed by atoms with van der Waals surface area (Å²) < 4.78 is 5.36. The number of hydrogen-bond acceptors (Lipinski definition) is 4. The highest BCUT2D eigenvalue weighted by Gasteiger charge is 2.33. The molecule has 0 atom stereocenters. The van der Waals surface area contributed by atoms with Crippen LogP contribution in [0.4, 0.5) is 0 Å². The van der Waals surface area contributed by atoms with Crippen LogP contribution in [-0.4, -0.2) is 33.8 Å². The van der Waals surface area contributed by atoms with Crippen molar-refractivity contribution in [3.63, 3.8) is 0 Å². The third-order valence-electron chi connectivity index (χ3n) is 3.77. The Morgan fingerprint density at radius 2 is 2.14 bits per heavy atom. The molecule has 2 amide bonds. The van der Waals surface area contributed by atoms with E-state index < -0.39 is 0 Å². The standard InChI is InChI=1S/C15H21N3O3/c1-2-3-14(19)18(11-6-7-11)8-13-17-12(9-21-13)15(20)16-10-4-5-10/h9-11H,2-8H2,1H3,(H,16,20). The summed E-state index contributed by atoms with van der Waals surface area (Å²) >= 11 is 0. The molecule has 6 heteroatoms. The highest BCUT2D eigenvalue weighted by Crippen LogP contribution is 2.29. The minimum atomic E-state index is -0.189. The van der Waals surface area contributed by atoms with E-state index in [1.54, 1.807) is 0 Å². The van der Waals surface area contributed by atoms with Crippen molar-refractivity contribution in [2.45, 2.75) is 64.1 Å². The number of rotatable bonds is 7. The Morgan fingerprint density at radius 1 is 1.38 bits per heavy atom. The van der Waals surface area contributed by atoms with Crippen LogP contribution >= 0.6 is 0 Å². The van der Waals surface area contributed by atoms with Gasteiger partial charge in [-0.2, -0.15) is 0 Å². The second-order valence-corrected chi connectivity index (χ2v) is 5.88. The lowest BCUT2D eigenvalue weighted by Crippen LogP contribution is -2.32. The first kappa shape index (κ1) is 14.1. The summed E-state index contributed by atoms with van der Waals surface area (Å²) in [5.74, 6) is 0.389. The Labute approximate surface area is 123 Å². The zero-order valence-corrected chi connectivity index (χ0v) is 12.3. The molecule has 0 radical (unpaired) electrons. The van der Waals surface area contributed by atoms with E-state index in [9.17, 15) is 9.59 Å². The quantitative estimate of drug-likeness (QED) is 0.832. The molecular formula is C15H21N3O3. The van der Waals surface area contributed by atoms with E-state index in [2.05, 4.69) is 10.3 Å². The second kappa shape index (κ2) is 5.87. The number of nitrogens with zero attached hydrogens (tertiary/aromatic N) is 2. The fraction of sp³-hybridized carbons (Fsp3) is 0.667. The Morgan fingerprint density at radius 3 is 2.76 bits per heavy atom. The largest absolute Gasteiger partial charge is 0.446 e. The fourth-order valence-electron chi connectivity index (χ4n) is 2.29. The topological polar surface area (TPSA) is 75.4 Å². The van der Waals surface area contributed by atoms with E-state index in [0.29, 0.717) is 36.6 Å². The molecule has 0 aromatic carbocycles. The van der Waals surface area contributed by atoms with Gasteiger partial charge < -0.3 is 14.6 Å². The van der Waals surface area contributed by atoms with Crippen molar-refractivity contribution in [1.29, 1.82) is 0 Å². The lowest BCUT2D eigenvalue weighted by atomic mass is 10.3. The Kier molecular flexibility index (Phi) is 3.94. The fourth-order valence-corrected chi connectivity index (χ4v) is 2.29. The summed E-state index contributed by atoms with van der Waals surface area (Å²) in [6.45, 7) is 2.36. The van der Waals surface area contributed by atoms with Gasteiger partial charge in [-0.3, -0.25) is 9.59 Å². The molecule has 0 bridgehead atoms. The van der Waals surface area contributed by atoms with Gasteiger partial charge in [-0.15, -0.1) is 0 Å². The average molecular weight is 291 g/mol. The monoisotopic (exact) mass is 291 g/mol. The molecule has 1 N–H and O–H groups in total. The molecule has 1 aromatic heterocycles. The second-order valence-electron chi connectivity index (χ2n) is 5.88. The third kappa shape index (κ3) is 3.62. The number of carbonyl (C=O) groups excluding carboxylic acids is 2. The summed E-state index contributed by atoms with van der Waals surface area (Å²) in [6.07, 6.45) is 6.93. The number of carbonyl (C=O) groups is 2. The number of amides is 2. The van der Waals surface area contributed by atoms with E-state index in [4.69, 9.17) is 4.42 Å². The van der Waals surface area contributed by atoms with Gasteiger partial charge in [0.05, 0.1) is 6.54 Å². The van der Waals surface area contributed by atoms with E-state index in [1.165, 1.54) is 6.26 Å². The van der Waals surface area contributed by atoms with Gasteiger partial charge in [0, 0.05) is 18.5 Å². The number of aromatic nitrogens is 1. The SMILES string of the molecule is CCCC(=O)N(Cc1nc(C(=O)NC2CC2)co1)C1CC1. The predicted molar refractivity (Wildman–Crippen MR) is 75.5 cm³/mol. The molecule has 2 aliphatic carbocycles. The van der Waals surface area contributed by atoms with Crippen molar-refractivity contribution in [2.75, 3.05) is 0 Å². The van der Waals surface area contributed by atoms with E-state index in [-0.39, 0.29) is 11.8 Å². The molecule has 2 saturated carbocycles. The highest BCUT2D eigenvalue weighted by atomic mass is 16.3. The molecule has 6 nitrogen and oxygen atoms in total. The van der Waals surface area contributed by atoms with Gasteiger partial charge >= 0.3 is 0 Å². The minimum absolute atomic E-state index is 0.141. The Balaban J connectivity index is 1.61. The van der Waals surface area contributed by atoms with Gasteiger partial charge in [-0.1, -0.05) is 6.92 Å². The molecular weight excluding hydrogens is 270 g/mol. The van der Waals surface area contributed by atoms with Gasteiger partial charge in [0.1, 0.15) is 6.26 Å². The maximum Gasteiger partial charge on any atom is 0.273 e. The minimum Gasteiger partial charge on any atom is -0.446 e. The molecule has 2 fully saturated rings. The first-order valence-electron chi connectivity index (χ1n) is 7.72. The smallest absolute Gasteiger partial charge is 0.273 e. The molecule has 1 heterocycles. The highest BCUT2D eigenvalue weighted by molar-refractivity contribution is 5.92. The normalized spacial score (nSPS) is 17.6. The van der Waals surface area contributed by atoms with Gasteiger partial charge in [-0.25, -0.2) is 4.98 Å². The van der Waals surface area contributed by atoms with Crippen LogP contribution in [0.1, 0.15) is 61.8 Å². The van der Waals surface area contributed by atoms with Gasteiger partial charge in [0.15, 0.2) is 5.69 Å². The van der Waals surface area contributed by atoms with Crippen LogP contribution < -0.4 is 5.32 Å². The zero-order chi connectivity index (χ0) is 14.8. The van der Waals surface area contributed by atoms with Crippen molar-refractivity contribution in [3.8, 4) is 0 Å². The predicted octanol–water partition coefficient (Wildman–Crippen LogP) is 1.86. The first-order valence-corrected chi connectivity index (χ1v) is 7.72. The molecule has 3 rings (SSSR count). The van der Waals surface area contributed by atoms with Crippen molar-refractivity contribution >= 4 is 11.8 Å². The van der Waals surface area contributed by atoms with Gasteiger partial charge in [-0.05, 0) is 32.1 Å². The van der Waals surface area contributed by atoms with Crippen LogP contribution in [0.5, 0.6) is 0 Å². The maximum atomic E-state index is 12.1. The summed E-state index contributed by atoms with van der Waals surface area (Å²) in [5, 5.41) is 2.87. The molecule has 1 aromatic rings. The Hall–Kier alpha value is -1.85. The van der Waals surface area contributed by atoms with Crippen LogP contribution in [0.15, 0.2) is 10.7 Å². The van der Waals surface area contributed by atoms with Crippen molar-refractivity contribution in [3.05, 3.63) is 17.8 Å². The Bertz CT molecular complexity index is 532. The molecule has 0 aliphatic heterocycles. The van der Waals surface area contributed by atoms with Crippen LogP contribution in [0.25, 0.3) is 0 Å². The summed E-state index contributed by atoms with van der Waals surface area (Å²) in [4.78, 5) is 30.0. The van der Waals surface area contributed by atoms with Crippen molar-refractivity contribution in [2.24, 2.45) is 0 Å². The number of hydrogen-bond donors (Lipinski definition) is 1. The number of oxazole rings is 1. The number of nitrogens with one attached hydrogen (secondary N) is 1. The lowest BCUT2D eigenvalue weighted by molar-refractivity contribution is -0.132. The zero-order valence-electron chi connectivity index (χ0n) is 12.3. The summed E-state index contributed by atoms with van der Waals surface area (Å²) in [7, 11) is 0. The molecule has 0 unspecified atom stereocenters. The maximum absolute atomic E-state index is 12.1. The van der Waals surface area contributed by atoms with Crippen LogP contribution in [0, 0.1) is 0 Å². The molecule has 114 valence electrons. The average Bonchev–Trinajstić information content (AvgIpc) is 3.38. The third-order valence-corrected chi connectivity index (χ3v) is 3.77. The van der Waals surface area contributed by atoms with Crippen molar-refractivity contribution < 1.29 is 14.0 Å². The lowest BCUT2D eigenvalue weighted by Gasteiger charge is -2.20. The van der Waals surface area contributed by atoms with Gasteiger partial charge in [0.2, 0.25) is 11.8 Å². The molecule has 0 spiro atoms. The first-order chi connectivity index (χ1) is 10.2. The van der Waals surface area contributed by atoms with E-state index in [0.717, 1.165) is 32.1 Å². The van der Waals surface area contributed by atoms with Crippen LogP contribution in [0.2, 0.25) is 0 Å². The van der Waals surface area contributed by atoms with E-state index >= 15 is 0 Å². The van der Waals surface area contributed by atoms with Crippen LogP contribution in [0.3, 0.4) is 0 Å². The summed E-state index contributed by atoms with van der Waals surface area (Å²) in [6, 6.07) is 0.617. The van der Waals surface area contributed by atoms with Crippen molar-refractivity contribution in [1.82, 2.24) is 15.2 Å². The molecule has 21 heavy (non-hydrogen) atoms. The summed E-state index contributed by atoms with van der Waals surface area (Å²) in [5.41, 5.74) is 0.301. The molecule has 2 aliphatic rings. The van der Waals surface area contributed by atoms with Crippen LogP contribution in [-0.2, 0) is 11.3 Å². The van der Waals surface area contributed by atoms with Gasteiger partial charge in [0.25, 0.3) is 5.91 Å². The molecule has 0 saturated heterocycles.